The number of rotatable bonds is 7. The summed E-state index contributed by atoms with van der Waals surface area (Å²) in [5.74, 6) is -4.75. The molecular formula is C20H23ClF3N3O. The van der Waals surface area contributed by atoms with Crippen molar-refractivity contribution < 1.29 is 18.0 Å². The third-order valence-electron chi connectivity index (χ3n) is 4.54. The van der Waals surface area contributed by atoms with E-state index < -0.39 is 23.4 Å². The molecule has 8 heteroatoms. The zero-order valence-electron chi connectivity index (χ0n) is 15.5. The highest BCUT2D eigenvalue weighted by atomic mass is 35.5. The van der Waals surface area contributed by atoms with E-state index in [0.29, 0.717) is 13.1 Å². The summed E-state index contributed by atoms with van der Waals surface area (Å²) in [5, 5.41) is 5.70. The second-order valence-corrected chi connectivity index (χ2v) is 6.61. The van der Waals surface area contributed by atoms with E-state index in [2.05, 4.69) is 16.7 Å². The van der Waals surface area contributed by atoms with Crippen molar-refractivity contribution in [1.29, 1.82) is 0 Å². The third-order valence-corrected chi connectivity index (χ3v) is 4.54. The fraction of sp³-hybridized carbons (Fsp3) is 0.350. The lowest BCUT2D eigenvalue weighted by atomic mass is 10.1. The van der Waals surface area contributed by atoms with Gasteiger partial charge in [0.25, 0.3) is 0 Å². The summed E-state index contributed by atoms with van der Waals surface area (Å²) < 4.78 is 40.1. The molecule has 2 N–H and O–H groups in total. The first-order valence-corrected chi connectivity index (χ1v) is 9.00. The van der Waals surface area contributed by atoms with E-state index in [1.807, 2.05) is 24.0 Å². The van der Waals surface area contributed by atoms with E-state index in [4.69, 9.17) is 0 Å². The lowest BCUT2D eigenvalue weighted by Gasteiger charge is -2.22. The standard InChI is InChI=1S/C20H22F3N3O.ClH/c1-2-10-26(11-14-5-3-4-13-8-9-24-20(13)14)12-17(27)25-16-7-6-15(21)18(22)19(16)23;/h3-7,24H,2,8-12H2,1H3,(H,25,27);1H. The zero-order chi connectivity index (χ0) is 19.4. The molecule has 0 fully saturated rings. The molecule has 1 aliphatic heterocycles. The van der Waals surface area contributed by atoms with E-state index in [0.717, 1.165) is 42.8 Å². The lowest BCUT2D eigenvalue weighted by Crippen LogP contribution is -2.34. The summed E-state index contributed by atoms with van der Waals surface area (Å²) in [6.45, 7) is 4.18. The molecule has 0 spiro atoms. The van der Waals surface area contributed by atoms with Gasteiger partial charge in [-0.1, -0.05) is 25.1 Å². The maximum absolute atomic E-state index is 13.8. The Morgan fingerprint density at radius 2 is 1.96 bits per heavy atom. The van der Waals surface area contributed by atoms with E-state index in [1.165, 1.54) is 5.56 Å². The van der Waals surface area contributed by atoms with Gasteiger partial charge >= 0.3 is 0 Å². The second-order valence-electron chi connectivity index (χ2n) is 6.61. The fourth-order valence-corrected chi connectivity index (χ4v) is 3.33. The molecule has 152 valence electrons. The molecule has 28 heavy (non-hydrogen) atoms. The molecule has 0 saturated heterocycles. The summed E-state index contributed by atoms with van der Waals surface area (Å²) >= 11 is 0. The van der Waals surface area contributed by atoms with Crippen LogP contribution in [0.3, 0.4) is 0 Å². The Morgan fingerprint density at radius 3 is 2.71 bits per heavy atom. The number of amides is 1. The minimum Gasteiger partial charge on any atom is -0.384 e. The minimum atomic E-state index is -1.59. The van der Waals surface area contributed by atoms with Gasteiger partial charge in [0.05, 0.1) is 12.2 Å². The molecule has 3 rings (SSSR count). The number of carbonyl (C=O) groups is 1. The fourth-order valence-electron chi connectivity index (χ4n) is 3.33. The van der Waals surface area contributed by atoms with Crippen LogP contribution in [-0.4, -0.2) is 30.4 Å². The lowest BCUT2D eigenvalue weighted by molar-refractivity contribution is -0.117. The molecular weight excluding hydrogens is 391 g/mol. The predicted octanol–water partition coefficient (Wildman–Crippen LogP) is 4.34. The van der Waals surface area contributed by atoms with Crippen molar-refractivity contribution in [1.82, 2.24) is 4.90 Å². The van der Waals surface area contributed by atoms with Gasteiger partial charge in [-0.25, -0.2) is 13.2 Å². The maximum atomic E-state index is 13.8. The number of carbonyl (C=O) groups excluding carboxylic acids is 1. The number of nitrogens with one attached hydrogen (secondary N) is 2. The highest BCUT2D eigenvalue weighted by Gasteiger charge is 2.19. The Labute approximate surface area is 168 Å². The van der Waals surface area contributed by atoms with Crippen molar-refractivity contribution in [2.45, 2.75) is 26.3 Å². The van der Waals surface area contributed by atoms with Crippen molar-refractivity contribution in [2.24, 2.45) is 0 Å². The molecule has 2 aromatic rings. The molecule has 0 aliphatic carbocycles. The van der Waals surface area contributed by atoms with Crippen LogP contribution in [0.1, 0.15) is 24.5 Å². The topological polar surface area (TPSA) is 44.4 Å². The Bertz CT molecular complexity index is 848. The molecule has 0 aromatic heterocycles. The van der Waals surface area contributed by atoms with Gasteiger partial charge < -0.3 is 10.6 Å². The Kier molecular flexibility index (Phi) is 7.71. The Hall–Kier alpha value is -2.25. The van der Waals surface area contributed by atoms with Crippen LogP contribution in [0.4, 0.5) is 24.5 Å². The largest absolute Gasteiger partial charge is 0.384 e. The summed E-state index contributed by atoms with van der Waals surface area (Å²) in [6.07, 6.45) is 1.82. The van der Waals surface area contributed by atoms with Crippen molar-refractivity contribution in [3.05, 3.63) is 58.9 Å². The second kappa shape index (κ2) is 9.80. The number of para-hydroxylation sites is 1. The SMILES string of the molecule is CCCN(CC(=O)Nc1ccc(F)c(F)c1F)Cc1cccc2c1NCC2.Cl. The Morgan fingerprint density at radius 1 is 1.18 bits per heavy atom. The van der Waals surface area contributed by atoms with Crippen LogP contribution in [0.2, 0.25) is 0 Å². The molecule has 4 nitrogen and oxygen atoms in total. The monoisotopic (exact) mass is 413 g/mol. The maximum Gasteiger partial charge on any atom is 0.238 e. The van der Waals surface area contributed by atoms with E-state index >= 15 is 0 Å². The molecule has 2 aromatic carbocycles. The third kappa shape index (κ3) is 4.97. The molecule has 0 saturated carbocycles. The first-order chi connectivity index (χ1) is 13.0. The van der Waals surface area contributed by atoms with Crippen LogP contribution in [0.5, 0.6) is 0 Å². The molecule has 1 aliphatic rings. The van der Waals surface area contributed by atoms with Gasteiger partial charge in [-0.05, 0) is 42.6 Å². The number of anilines is 2. The quantitative estimate of drug-likeness (QED) is 0.663. The van der Waals surface area contributed by atoms with E-state index in [-0.39, 0.29) is 24.6 Å². The number of hydrogen-bond donors (Lipinski definition) is 2. The van der Waals surface area contributed by atoms with Crippen molar-refractivity contribution in [3.63, 3.8) is 0 Å². The van der Waals surface area contributed by atoms with Crippen molar-refractivity contribution >= 4 is 29.7 Å². The van der Waals surface area contributed by atoms with Crippen LogP contribution in [0, 0.1) is 17.5 Å². The molecule has 0 atom stereocenters. The van der Waals surface area contributed by atoms with Crippen molar-refractivity contribution in [2.75, 3.05) is 30.3 Å². The summed E-state index contributed by atoms with van der Waals surface area (Å²) in [6, 6.07) is 7.91. The van der Waals surface area contributed by atoms with Crippen LogP contribution >= 0.6 is 12.4 Å². The van der Waals surface area contributed by atoms with E-state index in [9.17, 15) is 18.0 Å². The van der Waals surface area contributed by atoms with Gasteiger partial charge in [0.2, 0.25) is 5.91 Å². The van der Waals surface area contributed by atoms with Crippen LogP contribution in [0.25, 0.3) is 0 Å². The summed E-state index contributed by atoms with van der Waals surface area (Å²) in [7, 11) is 0. The highest BCUT2D eigenvalue weighted by Crippen LogP contribution is 2.27. The van der Waals surface area contributed by atoms with Crippen LogP contribution in [0.15, 0.2) is 30.3 Å². The normalized spacial score (nSPS) is 12.3. The van der Waals surface area contributed by atoms with Gasteiger partial charge in [-0.2, -0.15) is 0 Å². The summed E-state index contributed by atoms with van der Waals surface area (Å²) in [4.78, 5) is 14.3. The molecule has 0 radical (unpaired) electrons. The number of halogens is 4. The Balaban J connectivity index is 0.00000280. The molecule has 0 unspecified atom stereocenters. The van der Waals surface area contributed by atoms with Crippen LogP contribution < -0.4 is 10.6 Å². The molecule has 1 amide bonds. The van der Waals surface area contributed by atoms with Gasteiger partial charge in [0, 0.05) is 18.8 Å². The average molecular weight is 414 g/mol. The van der Waals surface area contributed by atoms with Gasteiger partial charge in [-0.15, -0.1) is 12.4 Å². The molecule has 0 bridgehead atoms. The van der Waals surface area contributed by atoms with Gasteiger partial charge in [0.1, 0.15) is 0 Å². The van der Waals surface area contributed by atoms with Gasteiger partial charge in [-0.3, -0.25) is 9.69 Å². The predicted molar refractivity (Wildman–Crippen MR) is 106 cm³/mol. The average Bonchev–Trinajstić information content (AvgIpc) is 3.12. The number of hydrogen-bond acceptors (Lipinski definition) is 3. The number of fused-ring (bicyclic) bond motifs is 1. The first kappa shape index (κ1) is 22.0. The number of benzene rings is 2. The smallest absolute Gasteiger partial charge is 0.238 e. The van der Waals surface area contributed by atoms with Crippen LogP contribution in [-0.2, 0) is 17.8 Å². The zero-order valence-corrected chi connectivity index (χ0v) is 16.3. The number of nitrogens with zero attached hydrogens (tertiary/aromatic N) is 1. The van der Waals surface area contributed by atoms with Crippen molar-refractivity contribution in [3.8, 4) is 0 Å². The summed E-state index contributed by atoms with van der Waals surface area (Å²) in [5.41, 5.74) is 3.12. The molecule has 1 heterocycles. The highest BCUT2D eigenvalue weighted by molar-refractivity contribution is 5.92. The first-order valence-electron chi connectivity index (χ1n) is 9.00. The minimum absolute atomic E-state index is 0. The van der Waals surface area contributed by atoms with E-state index in [1.54, 1.807) is 0 Å². The van der Waals surface area contributed by atoms with Gasteiger partial charge in [0.15, 0.2) is 17.5 Å².